The number of hydrogen-bond donors (Lipinski definition) is 1. The van der Waals surface area contributed by atoms with Gasteiger partial charge in [0.2, 0.25) is 0 Å². The molecule has 2 heteroatoms. The summed E-state index contributed by atoms with van der Waals surface area (Å²) in [7, 11) is 0. The minimum absolute atomic E-state index is 0.00421. The second-order valence-electron chi connectivity index (χ2n) is 6.10. The largest absolute Gasteiger partial charge is 0.375 e. The Balaban J connectivity index is 2.07. The molecule has 0 heterocycles. The fraction of sp³-hybridized carbons (Fsp3) is 1.00. The van der Waals surface area contributed by atoms with Crippen LogP contribution >= 0.6 is 0 Å². The van der Waals surface area contributed by atoms with E-state index in [4.69, 9.17) is 4.74 Å². The van der Waals surface area contributed by atoms with Gasteiger partial charge in [-0.15, -0.1) is 0 Å². The van der Waals surface area contributed by atoms with Crippen LogP contribution in [0.3, 0.4) is 0 Å². The van der Waals surface area contributed by atoms with Crippen LogP contribution < -0.4 is 5.32 Å². The molecule has 16 heavy (non-hydrogen) atoms. The van der Waals surface area contributed by atoms with Crippen molar-refractivity contribution in [1.29, 1.82) is 0 Å². The van der Waals surface area contributed by atoms with E-state index in [1.165, 1.54) is 32.1 Å². The van der Waals surface area contributed by atoms with Crippen molar-refractivity contribution in [3.05, 3.63) is 0 Å². The summed E-state index contributed by atoms with van der Waals surface area (Å²) in [5, 5.41) is 3.60. The zero-order valence-electron chi connectivity index (χ0n) is 11.5. The average molecular weight is 227 g/mol. The van der Waals surface area contributed by atoms with Gasteiger partial charge < -0.3 is 10.1 Å². The third kappa shape index (κ3) is 5.86. The van der Waals surface area contributed by atoms with E-state index < -0.39 is 0 Å². The van der Waals surface area contributed by atoms with Crippen molar-refractivity contribution in [3.8, 4) is 0 Å². The van der Waals surface area contributed by atoms with Crippen LogP contribution in [0.4, 0.5) is 0 Å². The predicted octanol–water partition coefficient (Wildman–Crippen LogP) is 3.36. The maximum atomic E-state index is 5.70. The van der Waals surface area contributed by atoms with E-state index in [9.17, 15) is 0 Å². The topological polar surface area (TPSA) is 21.3 Å². The Morgan fingerprint density at radius 3 is 2.38 bits per heavy atom. The van der Waals surface area contributed by atoms with Gasteiger partial charge in [-0.2, -0.15) is 0 Å². The minimum Gasteiger partial charge on any atom is -0.375 e. The summed E-state index contributed by atoms with van der Waals surface area (Å²) in [6.45, 7) is 10.5. The van der Waals surface area contributed by atoms with Crippen molar-refractivity contribution in [2.24, 2.45) is 5.92 Å². The fourth-order valence-electron chi connectivity index (χ4n) is 2.44. The first-order valence-corrected chi connectivity index (χ1v) is 6.86. The third-order valence-corrected chi connectivity index (χ3v) is 3.46. The van der Waals surface area contributed by atoms with E-state index in [1.807, 2.05) is 0 Å². The molecule has 0 aromatic carbocycles. The molecule has 1 rings (SSSR count). The van der Waals surface area contributed by atoms with Gasteiger partial charge in [0.25, 0.3) is 0 Å². The van der Waals surface area contributed by atoms with Crippen LogP contribution in [0.25, 0.3) is 0 Å². The second kappa shape index (κ2) is 6.61. The first kappa shape index (κ1) is 14.0. The summed E-state index contributed by atoms with van der Waals surface area (Å²) in [4.78, 5) is 0. The van der Waals surface area contributed by atoms with Crippen molar-refractivity contribution in [2.75, 3.05) is 13.2 Å². The molecule has 1 aliphatic carbocycles. The predicted molar refractivity (Wildman–Crippen MR) is 69.7 cm³/mol. The van der Waals surface area contributed by atoms with Crippen LogP contribution in [-0.4, -0.2) is 24.8 Å². The van der Waals surface area contributed by atoms with Gasteiger partial charge in [-0.3, -0.25) is 0 Å². The Bertz CT molecular complexity index is 180. The Labute approximate surface area is 101 Å². The van der Waals surface area contributed by atoms with Crippen LogP contribution in [0, 0.1) is 5.92 Å². The SMILES string of the molecule is C[C@@H](NCCOC(C)(C)C)C1CCCCC1. The molecule has 1 atom stereocenters. The molecule has 0 saturated heterocycles. The van der Waals surface area contributed by atoms with Crippen LogP contribution in [0.5, 0.6) is 0 Å². The Hall–Kier alpha value is -0.0800. The Kier molecular flexibility index (Phi) is 5.77. The summed E-state index contributed by atoms with van der Waals surface area (Å²) in [5.74, 6) is 0.892. The highest BCUT2D eigenvalue weighted by atomic mass is 16.5. The van der Waals surface area contributed by atoms with Crippen molar-refractivity contribution in [2.45, 2.75) is 71.4 Å². The zero-order valence-corrected chi connectivity index (χ0v) is 11.5. The molecule has 96 valence electrons. The van der Waals surface area contributed by atoms with Crippen LogP contribution in [0.1, 0.15) is 59.8 Å². The van der Waals surface area contributed by atoms with E-state index >= 15 is 0 Å². The molecule has 0 aromatic rings. The summed E-state index contributed by atoms with van der Waals surface area (Å²) >= 11 is 0. The lowest BCUT2D eigenvalue weighted by molar-refractivity contribution is -0.00220. The van der Waals surface area contributed by atoms with Gasteiger partial charge in [0.1, 0.15) is 0 Å². The molecule has 0 aliphatic heterocycles. The molecular formula is C14H29NO. The van der Waals surface area contributed by atoms with Gasteiger partial charge in [-0.05, 0) is 46.5 Å². The number of ether oxygens (including phenoxy) is 1. The smallest absolute Gasteiger partial charge is 0.0599 e. The fourth-order valence-corrected chi connectivity index (χ4v) is 2.44. The molecule has 1 fully saturated rings. The minimum atomic E-state index is -0.00421. The molecule has 1 saturated carbocycles. The quantitative estimate of drug-likeness (QED) is 0.727. The molecule has 0 bridgehead atoms. The van der Waals surface area contributed by atoms with Crippen molar-refractivity contribution >= 4 is 0 Å². The number of rotatable bonds is 5. The highest BCUT2D eigenvalue weighted by Gasteiger charge is 2.19. The van der Waals surface area contributed by atoms with E-state index in [-0.39, 0.29) is 5.60 Å². The number of hydrogen-bond acceptors (Lipinski definition) is 2. The molecule has 2 nitrogen and oxygen atoms in total. The normalized spacial score (nSPS) is 21.0. The number of nitrogens with one attached hydrogen (secondary N) is 1. The van der Waals surface area contributed by atoms with E-state index in [1.54, 1.807) is 0 Å². The molecule has 0 amide bonds. The van der Waals surface area contributed by atoms with Crippen molar-refractivity contribution in [3.63, 3.8) is 0 Å². The summed E-state index contributed by atoms with van der Waals surface area (Å²) < 4.78 is 5.70. The van der Waals surface area contributed by atoms with Crippen molar-refractivity contribution < 1.29 is 4.74 Å². The monoisotopic (exact) mass is 227 g/mol. The molecule has 0 radical (unpaired) electrons. The average Bonchev–Trinajstić information content (AvgIpc) is 2.24. The van der Waals surface area contributed by atoms with Crippen molar-refractivity contribution in [1.82, 2.24) is 5.32 Å². The second-order valence-corrected chi connectivity index (χ2v) is 6.10. The Morgan fingerprint density at radius 1 is 1.19 bits per heavy atom. The lowest BCUT2D eigenvalue weighted by atomic mass is 9.84. The molecule has 0 unspecified atom stereocenters. The van der Waals surface area contributed by atoms with Gasteiger partial charge >= 0.3 is 0 Å². The lowest BCUT2D eigenvalue weighted by Crippen LogP contribution is -2.37. The van der Waals surface area contributed by atoms with Gasteiger partial charge in [-0.25, -0.2) is 0 Å². The van der Waals surface area contributed by atoms with Gasteiger partial charge in [0.15, 0.2) is 0 Å². The zero-order chi connectivity index (χ0) is 12.0. The highest BCUT2D eigenvalue weighted by molar-refractivity contribution is 4.75. The van der Waals surface area contributed by atoms with Gasteiger partial charge in [-0.1, -0.05) is 19.3 Å². The first-order chi connectivity index (χ1) is 7.49. The molecule has 1 aliphatic rings. The van der Waals surface area contributed by atoms with Gasteiger partial charge in [0, 0.05) is 12.6 Å². The molecule has 0 spiro atoms. The van der Waals surface area contributed by atoms with Gasteiger partial charge in [0.05, 0.1) is 12.2 Å². The van der Waals surface area contributed by atoms with Crippen LogP contribution in [0.15, 0.2) is 0 Å². The van der Waals surface area contributed by atoms with E-state index in [2.05, 4.69) is 33.0 Å². The molecular weight excluding hydrogens is 198 g/mol. The third-order valence-electron chi connectivity index (χ3n) is 3.46. The standard InChI is InChI=1S/C14H29NO/c1-12(13-8-6-5-7-9-13)15-10-11-16-14(2,3)4/h12-13,15H,5-11H2,1-4H3/t12-/m1/s1. The first-order valence-electron chi connectivity index (χ1n) is 6.86. The maximum Gasteiger partial charge on any atom is 0.0599 e. The summed E-state index contributed by atoms with van der Waals surface area (Å²) in [5.41, 5.74) is -0.00421. The van der Waals surface area contributed by atoms with E-state index in [0.717, 1.165) is 19.1 Å². The maximum absolute atomic E-state index is 5.70. The highest BCUT2D eigenvalue weighted by Crippen LogP contribution is 2.26. The summed E-state index contributed by atoms with van der Waals surface area (Å²) in [6, 6.07) is 0.656. The van der Waals surface area contributed by atoms with E-state index in [0.29, 0.717) is 6.04 Å². The Morgan fingerprint density at radius 2 is 1.81 bits per heavy atom. The van der Waals surface area contributed by atoms with Crippen LogP contribution in [-0.2, 0) is 4.74 Å². The summed E-state index contributed by atoms with van der Waals surface area (Å²) in [6.07, 6.45) is 7.11. The van der Waals surface area contributed by atoms with Crippen LogP contribution in [0.2, 0.25) is 0 Å². The lowest BCUT2D eigenvalue weighted by Gasteiger charge is -2.29. The molecule has 1 N–H and O–H groups in total. The molecule has 0 aromatic heterocycles.